The fraction of sp³-hybridized carbons (Fsp3) is 0.684. The number of benzene rings is 1. The van der Waals surface area contributed by atoms with E-state index in [0.717, 1.165) is 0 Å². The third kappa shape index (κ3) is 10.5. The molecule has 0 atom stereocenters. The van der Waals surface area contributed by atoms with Crippen LogP contribution in [-0.4, -0.2) is 5.33 Å². The van der Waals surface area contributed by atoms with E-state index in [1.807, 2.05) is 0 Å². The summed E-state index contributed by atoms with van der Waals surface area (Å²) in [5.74, 6) is 0. The molecule has 0 aliphatic heterocycles. The quantitative estimate of drug-likeness (QED) is 0.270. The predicted octanol–water partition coefficient (Wildman–Crippen LogP) is 6.92. The molecule has 1 aromatic rings. The van der Waals surface area contributed by atoms with Gasteiger partial charge in [0.1, 0.15) is 0 Å². The molecule has 0 aromatic heterocycles. The topological polar surface area (TPSA) is 0 Å². The summed E-state index contributed by atoms with van der Waals surface area (Å²) in [5, 5.41) is 1.18. The maximum Gasteiger partial charge on any atom is 0.00313 e. The Hall–Kier alpha value is -0.300. The lowest BCUT2D eigenvalue weighted by Crippen LogP contribution is -1.86. The molecule has 0 saturated carbocycles. The van der Waals surface area contributed by atoms with Crippen LogP contribution in [0.3, 0.4) is 0 Å². The van der Waals surface area contributed by atoms with E-state index in [4.69, 9.17) is 0 Å². The number of rotatable bonds is 13. The van der Waals surface area contributed by atoms with Crippen molar-refractivity contribution in [3.8, 4) is 0 Å². The van der Waals surface area contributed by atoms with Gasteiger partial charge in [-0.1, -0.05) is 104 Å². The van der Waals surface area contributed by atoms with Gasteiger partial charge in [-0.2, -0.15) is 0 Å². The summed E-state index contributed by atoms with van der Waals surface area (Å²) >= 11 is 3.49. The smallest absolute Gasteiger partial charge is 0.00313 e. The molecule has 0 spiro atoms. The van der Waals surface area contributed by atoms with Gasteiger partial charge < -0.3 is 0 Å². The first-order valence-electron chi connectivity index (χ1n) is 8.53. The number of unbranched alkanes of at least 4 members (excludes halogenated alkanes) is 10. The Labute approximate surface area is 134 Å². The Balaban J connectivity index is 1.77. The van der Waals surface area contributed by atoms with Crippen molar-refractivity contribution in [1.29, 1.82) is 0 Å². The van der Waals surface area contributed by atoms with E-state index in [2.05, 4.69) is 46.3 Å². The Morgan fingerprint density at radius 3 is 1.50 bits per heavy atom. The van der Waals surface area contributed by atoms with E-state index in [1.165, 1.54) is 87.9 Å². The molecule has 1 rings (SSSR count). The second-order valence-electron chi connectivity index (χ2n) is 5.81. The molecule has 0 heterocycles. The highest BCUT2D eigenvalue weighted by molar-refractivity contribution is 9.09. The summed E-state index contributed by atoms with van der Waals surface area (Å²) in [6.45, 7) is 0. The van der Waals surface area contributed by atoms with Crippen molar-refractivity contribution >= 4 is 15.9 Å². The molecular weight excluding hydrogens is 308 g/mol. The SMILES string of the molecule is BrCCCCCCCCCCCCCc1ccccc1. The molecule has 0 amide bonds. The molecule has 0 aliphatic carbocycles. The van der Waals surface area contributed by atoms with Crippen LogP contribution in [-0.2, 0) is 6.42 Å². The highest BCUT2D eigenvalue weighted by Gasteiger charge is 1.94. The standard InChI is InChI=1S/C19H31Br/c20-18-14-9-7-5-3-1-2-4-6-8-11-15-19-16-12-10-13-17-19/h10,12-13,16-17H,1-9,11,14-15,18H2. The second-order valence-corrected chi connectivity index (χ2v) is 6.61. The average Bonchev–Trinajstić information content (AvgIpc) is 2.49. The van der Waals surface area contributed by atoms with E-state index in [9.17, 15) is 0 Å². The van der Waals surface area contributed by atoms with Gasteiger partial charge in [-0.05, 0) is 24.8 Å². The Bertz CT molecular complexity index is 294. The minimum atomic E-state index is 1.18. The maximum absolute atomic E-state index is 3.49. The van der Waals surface area contributed by atoms with Crippen LogP contribution in [0.1, 0.15) is 76.2 Å². The number of halogens is 1. The molecule has 0 unspecified atom stereocenters. The highest BCUT2D eigenvalue weighted by atomic mass is 79.9. The van der Waals surface area contributed by atoms with E-state index >= 15 is 0 Å². The number of aryl methyl sites for hydroxylation is 1. The van der Waals surface area contributed by atoms with Gasteiger partial charge in [0.2, 0.25) is 0 Å². The predicted molar refractivity (Wildman–Crippen MR) is 94.7 cm³/mol. The van der Waals surface area contributed by atoms with Crippen LogP contribution in [0.4, 0.5) is 0 Å². The van der Waals surface area contributed by atoms with Gasteiger partial charge >= 0.3 is 0 Å². The molecule has 0 fully saturated rings. The van der Waals surface area contributed by atoms with Gasteiger partial charge in [0.15, 0.2) is 0 Å². The van der Waals surface area contributed by atoms with Crippen LogP contribution >= 0.6 is 15.9 Å². The van der Waals surface area contributed by atoms with Crippen LogP contribution in [0.25, 0.3) is 0 Å². The molecule has 1 aromatic carbocycles. The lowest BCUT2D eigenvalue weighted by atomic mass is 10.0. The van der Waals surface area contributed by atoms with Crippen LogP contribution in [0.5, 0.6) is 0 Å². The van der Waals surface area contributed by atoms with Crippen LogP contribution in [0.2, 0.25) is 0 Å². The first kappa shape index (κ1) is 17.8. The summed E-state index contributed by atoms with van der Waals surface area (Å²) in [7, 11) is 0. The molecule has 0 bridgehead atoms. The van der Waals surface area contributed by atoms with Crippen LogP contribution in [0.15, 0.2) is 30.3 Å². The molecule has 0 nitrogen and oxygen atoms in total. The summed E-state index contributed by atoms with van der Waals surface area (Å²) in [4.78, 5) is 0. The first-order valence-corrected chi connectivity index (χ1v) is 9.65. The summed E-state index contributed by atoms with van der Waals surface area (Å²) in [6, 6.07) is 10.9. The third-order valence-corrected chi connectivity index (χ3v) is 4.50. The highest BCUT2D eigenvalue weighted by Crippen LogP contribution is 2.13. The lowest BCUT2D eigenvalue weighted by molar-refractivity contribution is 0.550. The molecule has 1 heteroatoms. The summed E-state index contributed by atoms with van der Waals surface area (Å²) in [6.07, 6.45) is 16.9. The first-order chi connectivity index (χ1) is 9.93. The molecule has 0 saturated heterocycles. The van der Waals surface area contributed by atoms with Crippen LogP contribution in [0, 0.1) is 0 Å². The zero-order valence-electron chi connectivity index (χ0n) is 13.0. The van der Waals surface area contributed by atoms with Crippen molar-refractivity contribution in [3.05, 3.63) is 35.9 Å². The Morgan fingerprint density at radius 1 is 0.550 bits per heavy atom. The number of hydrogen-bond donors (Lipinski definition) is 0. The molecule has 0 N–H and O–H groups in total. The van der Waals surface area contributed by atoms with E-state index in [-0.39, 0.29) is 0 Å². The van der Waals surface area contributed by atoms with Crippen molar-refractivity contribution in [2.45, 2.75) is 77.0 Å². The van der Waals surface area contributed by atoms with Gasteiger partial charge in [0.05, 0.1) is 0 Å². The fourth-order valence-electron chi connectivity index (χ4n) is 2.66. The monoisotopic (exact) mass is 338 g/mol. The molecule has 0 radical (unpaired) electrons. The van der Waals surface area contributed by atoms with Crippen molar-refractivity contribution in [2.24, 2.45) is 0 Å². The largest absolute Gasteiger partial charge is 0.0928 e. The maximum atomic E-state index is 3.49. The van der Waals surface area contributed by atoms with E-state index in [1.54, 1.807) is 0 Å². The minimum Gasteiger partial charge on any atom is -0.0928 e. The zero-order valence-corrected chi connectivity index (χ0v) is 14.5. The average molecular weight is 339 g/mol. The number of hydrogen-bond acceptors (Lipinski definition) is 0. The van der Waals surface area contributed by atoms with E-state index in [0.29, 0.717) is 0 Å². The fourth-order valence-corrected chi connectivity index (χ4v) is 3.06. The van der Waals surface area contributed by atoms with Gasteiger partial charge in [-0.3, -0.25) is 0 Å². The zero-order chi connectivity index (χ0) is 14.3. The van der Waals surface area contributed by atoms with Crippen molar-refractivity contribution in [1.82, 2.24) is 0 Å². The normalized spacial score (nSPS) is 10.8. The van der Waals surface area contributed by atoms with Gasteiger partial charge in [0.25, 0.3) is 0 Å². The second kappa shape index (κ2) is 13.7. The summed E-state index contributed by atoms with van der Waals surface area (Å²) in [5.41, 5.74) is 1.50. The Kier molecular flexibility index (Phi) is 12.1. The van der Waals surface area contributed by atoms with Crippen molar-refractivity contribution < 1.29 is 0 Å². The van der Waals surface area contributed by atoms with Crippen LogP contribution < -0.4 is 0 Å². The van der Waals surface area contributed by atoms with Gasteiger partial charge in [0, 0.05) is 5.33 Å². The van der Waals surface area contributed by atoms with Crippen molar-refractivity contribution in [3.63, 3.8) is 0 Å². The number of alkyl halides is 1. The molecule has 20 heavy (non-hydrogen) atoms. The Morgan fingerprint density at radius 2 is 1.00 bits per heavy atom. The van der Waals surface area contributed by atoms with Gasteiger partial charge in [-0.25, -0.2) is 0 Å². The lowest BCUT2D eigenvalue weighted by Gasteiger charge is -2.03. The van der Waals surface area contributed by atoms with E-state index < -0.39 is 0 Å². The molecule has 114 valence electrons. The molecule has 0 aliphatic rings. The molecular formula is C19H31Br. The third-order valence-electron chi connectivity index (χ3n) is 3.94. The van der Waals surface area contributed by atoms with Gasteiger partial charge in [-0.15, -0.1) is 0 Å². The summed E-state index contributed by atoms with van der Waals surface area (Å²) < 4.78 is 0. The van der Waals surface area contributed by atoms with Crippen molar-refractivity contribution in [2.75, 3.05) is 5.33 Å². The minimum absolute atomic E-state index is 1.18.